The van der Waals surface area contributed by atoms with Crippen molar-refractivity contribution in [1.82, 2.24) is 4.90 Å². The number of hydrogen-bond acceptors (Lipinski definition) is 3. The van der Waals surface area contributed by atoms with E-state index in [2.05, 4.69) is 75.4 Å². The number of nitrogens with zero attached hydrogens (tertiary/aromatic N) is 2. The van der Waals surface area contributed by atoms with E-state index in [9.17, 15) is 10.4 Å². The van der Waals surface area contributed by atoms with Gasteiger partial charge in [0.2, 0.25) is 0 Å². The van der Waals surface area contributed by atoms with Crippen LogP contribution < -0.4 is 0 Å². The average Bonchev–Trinajstić information content (AvgIpc) is 2.84. The number of halogens is 1. The molecule has 1 fully saturated rings. The van der Waals surface area contributed by atoms with Gasteiger partial charge in [-0.1, -0.05) is 88.7 Å². The molecule has 0 bridgehead atoms. The minimum Gasteiger partial charge on any atom is -0.393 e. The summed E-state index contributed by atoms with van der Waals surface area (Å²) >= 11 is 3.52. The Morgan fingerprint density at radius 1 is 0.938 bits per heavy atom. The molecule has 0 saturated carbocycles. The molecule has 1 saturated heterocycles. The van der Waals surface area contributed by atoms with Gasteiger partial charge in [0.15, 0.2) is 0 Å². The van der Waals surface area contributed by atoms with E-state index in [4.69, 9.17) is 0 Å². The van der Waals surface area contributed by atoms with Crippen LogP contribution in [0.15, 0.2) is 89.4 Å². The van der Waals surface area contributed by atoms with Gasteiger partial charge in [0.1, 0.15) is 5.41 Å². The third kappa shape index (κ3) is 4.96. The molecule has 32 heavy (non-hydrogen) atoms. The SMILES string of the molecule is N#CC(CCCN1CCC(O)CC1c1ccc(Br)cc1)(c1ccccc1)c1ccccc1. The summed E-state index contributed by atoms with van der Waals surface area (Å²) in [6, 6.07) is 31.6. The highest BCUT2D eigenvalue weighted by molar-refractivity contribution is 9.10. The van der Waals surface area contributed by atoms with Gasteiger partial charge in [0.25, 0.3) is 0 Å². The number of rotatable bonds is 7. The monoisotopic (exact) mass is 488 g/mol. The Hall–Kier alpha value is -2.45. The van der Waals surface area contributed by atoms with Crippen LogP contribution in [-0.2, 0) is 5.41 Å². The zero-order chi connectivity index (χ0) is 22.4. The second-order valence-corrected chi connectivity index (χ2v) is 9.55. The lowest BCUT2D eigenvalue weighted by atomic mass is 9.72. The van der Waals surface area contributed by atoms with Crippen LogP contribution in [0, 0.1) is 11.3 Å². The molecule has 164 valence electrons. The average molecular weight is 489 g/mol. The maximum Gasteiger partial charge on any atom is 0.107 e. The van der Waals surface area contributed by atoms with Crippen molar-refractivity contribution in [2.45, 2.75) is 43.2 Å². The predicted octanol–water partition coefficient (Wildman–Crippen LogP) is 6.24. The van der Waals surface area contributed by atoms with Crippen molar-refractivity contribution >= 4 is 15.9 Å². The maximum atomic E-state index is 10.4. The van der Waals surface area contributed by atoms with E-state index >= 15 is 0 Å². The topological polar surface area (TPSA) is 47.3 Å². The number of likely N-dealkylation sites (tertiary alicyclic amines) is 1. The molecule has 0 amide bonds. The zero-order valence-corrected chi connectivity index (χ0v) is 19.8. The van der Waals surface area contributed by atoms with Gasteiger partial charge in [-0.15, -0.1) is 0 Å². The van der Waals surface area contributed by atoms with Crippen molar-refractivity contribution in [1.29, 1.82) is 5.26 Å². The Bertz CT molecular complexity index is 991. The molecule has 4 heteroatoms. The van der Waals surface area contributed by atoms with Crippen molar-refractivity contribution in [3.8, 4) is 6.07 Å². The number of nitriles is 1. The number of aliphatic hydroxyl groups is 1. The first-order valence-corrected chi connectivity index (χ1v) is 12.1. The molecule has 0 radical (unpaired) electrons. The summed E-state index contributed by atoms with van der Waals surface area (Å²) in [5.41, 5.74) is 2.68. The normalized spacial score (nSPS) is 19.4. The maximum absolute atomic E-state index is 10.4. The summed E-state index contributed by atoms with van der Waals surface area (Å²) in [6.45, 7) is 1.77. The first-order valence-electron chi connectivity index (χ1n) is 11.3. The van der Waals surface area contributed by atoms with Gasteiger partial charge in [0.05, 0.1) is 12.2 Å². The van der Waals surface area contributed by atoms with Crippen LogP contribution in [0.3, 0.4) is 0 Å². The van der Waals surface area contributed by atoms with Gasteiger partial charge < -0.3 is 5.11 Å². The van der Waals surface area contributed by atoms with Gasteiger partial charge in [0, 0.05) is 17.1 Å². The Morgan fingerprint density at radius 2 is 1.53 bits per heavy atom. The van der Waals surface area contributed by atoms with E-state index in [0.29, 0.717) is 0 Å². The molecular weight excluding hydrogens is 460 g/mol. The summed E-state index contributed by atoms with van der Waals surface area (Å²) < 4.78 is 1.06. The van der Waals surface area contributed by atoms with Crippen molar-refractivity contribution in [2.75, 3.05) is 13.1 Å². The highest BCUT2D eigenvalue weighted by Gasteiger charge is 2.35. The molecule has 1 N–H and O–H groups in total. The third-order valence-electron chi connectivity index (χ3n) is 6.66. The lowest BCUT2D eigenvalue weighted by molar-refractivity contribution is 0.0395. The Labute approximate surface area is 199 Å². The molecule has 1 aliphatic rings. The molecule has 2 unspecified atom stereocenters. The van der Waals surface area contributed by atoms with Gasteiger partial charge >= 0.3 is 0 Å². The fourth-order valence-corrected chi connectivity index (χ4v) is 5.19. The standard InChI is InChI=1S/C28H29BrN2O/c29-25-14-12-22(13-15-25)27-20-26(32)16-19-31(27)18-7-17-28(21-30,23-8-3-1-4-9-23)24-10-5-2-6-11-24/h1-6,8-15,26-27,32H,7,16-20H2. The lowest BCUT2D eigenvalue weighted by Gasteiger charge is -2.39. The van der Waals surface area contributed by atoms with E-state index < -0.39 is 5.41 Å². The van der Waals surface area contributed by atoms with Crippen LogP contribution in [0.25, 0.3) is 0 Å². The number of benzene rings is 3. The molecular formula is C28H29BrN2O. The summed E-state index contributed by atoms with van der Waals surface area (Å²) in [6.07, 6.45) is 2.95. The predicted molar refractivity (Wildman–Crippen MR) is 132 cm³/mol. The van der Waals surface area contributed by atoms with Crippen molar-refractivity contribution in [2.24, 2.45) is 0 Å². The Balaban J connectivity index is 1.54. The van der Waals surface area contributed by atoms with Crippen LogP contribution in [0.5, 0.6) is 0 Å². The van der Waals surface area contributed by atoms with Crippen molar-refractivity contribution in [3.63, 3.8) is 0 Å². The fourth-order valence-electron chi connectivity index (χ4n) is 4.93. The zero-order valence-electron chi connectivity index (χ0n) is 18.2. The molecule has 1 aliphatic heterocycles. The number of aliphatic hydroxyl groups excluding tert-OH is 1. The molecule has 0 spiro atoms. The van der Waals surface area contributed by atoms with Gasteiger partial charge in [-0.25, -0.2) is 0 Å². The highest BCUT2D eigenvalue weighted by Crippen LogP contribution is 2.38. The highest BCUT2D eigenvalue weighted by atomic mass is 79.9. The van der Waals surface area contributed by atoms with Gasteiger partial charge in [-0.2, -0.15) is 5.26 Å². The van der Waals surface area contributed by atoms with Gasteiger partial charge in [-0.05, 0) is 61.1 Å². The molecule has 0 aromatic heterocycles. The molecule has 3 aromatic carbocycles. The van der Waals surface area contributed by atoms with Crippen LogP contribution in [-0.4, -0.2) is 29.2 Å². The van der Waals surface area contributed by atoms with Crippen LogP contribution in [0.2, 0.25) is 0 Å². The summed E-state index contributed by atoms with van der Waals surface area (Å²) in [5.74, 6) is 0. The first-order chi connectivity index (χ1) is 15.6. The quantitative estimate of drug-likeness (QED) is 0.428. The second kappa shape index (κ2) is 10.4. The minimum absolute atomic E-state index is 0.205. The van der Waals surface area contributed by atoms with Crippen molar-refractivity contribution < 1.29 is 5.11 Å². The largest absolute Gasteiger partial charge is 0.393 e. The Kier molecular flexibility index (Phi) is 7.42. The molecule has 0 aliphatic carbocycles. The summed E-state index contributed by atoms with van der Waals surface area (Å²) in [7, 11) is 0. The Morgan fingerprint density at radius 3 is 2.09 bits per heavy atom. The summed E-state index contributed by atoms with van der Waals surface area (Å²) in [5, 5.41) is 20.7. The van der Waals surface area contributed by atoms with Crippen LogP contribution >= 0.6 is 15.9 Å². The smallest absolute Gasteiger partial charge is 0.107 e. The molecule has 2 atom stereocenters. The van der Waals surface area contributed by atoms with Gasteiger partial charge in [-0.3, -0.25) is 4.90 Å². The number of hydrogen-bond donors (Lipinski definition) is 1. The van der Waals surface area contributed by atoms with E-state index in [1.54, 1.807) is 0 Å². The summed E-state index contributed by atoms with van der Waals surface area (Å²) in [4.78, 5) is 2.48. The van der Waals surface area contributed by atoms with E-state index in [1.807, 2.05) is 36.4 Å². The molecule has 3 aromatic rings. The minimum atomic E-state index is -0.662. The molecule has 4 rings (SSSR count). The lowest BCUT2D eigenvalue weighted by Crippen LogP contribution is -2.40. The molecule has 3 nitrogen and oxygen atoms in total. The van der Waals surface area contributed by atoms with E-state index in [1.165, 1.54) is 5.56 Å². The van der Waals surface area contributed by atoms with E-state index in [0.717, 1.165) is 54.4 Å². The second-order valence-electron chi connectivity index (χ2n) is 8.63. The van der Waals surface area contributed by atoms with Crippen LogP contribution in [0.4, 0.5) is 0 Å². The third-order valence-corrected chi connectivity index (χ3v) is 7.19. The molecule has 1 heterocycles. The van der Waals surface area contributed by atoms with Crippen LogP contribution in [0.1, 0.15) is 48.4 Å². The van der Waals surface area contributed by atoms with E-state index in [-0.39, 0.29) is 12.1 Å². The number of piperidine rings is 1. The fraction of sp³-hybridized carbons (Fsp3) is 0.321. The first kappa shape index (κ1) is 22.7. The van der Waals surface area contributed by atoms with Crippen molar-refractivity contribution in [3.05, 3.63) is 106 Å².